The summed E-state index contributed by atoms with van der Waals surface area (Å²) < 4.78 is 0. The first kappa shape index (κ1) is 13.4. The zero-order chi connectivity index (χ0) is 13.2. The summed E-state index contributed by atoms with van der Waals surface area (Å²) in [6.07, 6.45) is 6.88. The fourth-order valence-corrected chi connectivity index (χ4v) is 3.06. The molecule has 2 aliphatic carbocycles. The number of aliphatic carboxylic acids is 1. The van der Waals surface area contributed by atoms with Gasteiger partial charge in [0, 0.05) is 12.5 Å². The topological polar surface area (TPSA) is 66.4 Å². The van der Waals surface area contributed by atoms with Gasteiger partial charge in [-0.25, -0.2) is 0 Å². The maximum Gasteiger partial charge on any atom is 0.310 e. The molecule has 2 aliphatic rings. The van der Waals surface area contributed by atoms with Crippen molar-refractivity contribution < 1.29 is 14.7 Å². The minimum Gasteiger partial charge on any atom is -0.481 e. The molecule has 0 bridgehead atoms. The average molecular weight is 253 g/mol. The molecule has 1 amide bonds. The SMILES string of the molecule is CC(CC1CC1)NC(=O)CC1(C(=O)O)CCCC1. The Labute approximate surface area is 108 Å². The molecule has 1 unspecified atom stereocenters. The van der Waals surface area contributed by atoms with Gasteiger partial charge in [0.05, 0.1) is 5.41 Å². The van der Waals surface area contributed by atoms with Crippen LogP contribution in [-0.4, -0.2) is 23.0 Å². The van der Waals surface area contributed by atoms with Gasteiger partial charge in [0.25, 0.3) is 0 Å². The van der Waals surface area contributed by atoms with Crippen molar-refractivity contribution in [2.24, 2.45) is 11.3 Å². The quantitative estimate of drug-likeness (QED) is 0.763. The predicted octanol–water partition coefficient (Wildman–Crippen LogP) is 2.33. The van der Waals surface area contributed by atoms with Gasteiger partial charge in [-0.15, -0.1) is 0 Å². The molecule has 2 N–H and O–H groups in total. The van der Waals surface area contributed by atoms with Gasteiger partial charge in [-0.1, -0.05) is 25.7 Å². The molecule has 0 saturated heterocycles. The summed E-state index contributed by atoms with van der Waals surface area (Å²) in [5.41, 5.74) is -0.788. The molecular weight excluding hydrogens is 230 g/mol. The minimum absolute atomic E-state index is 0.0903. The van der Waals surface area contributed by atoms with Crippen LogP contribution in [0, 0.1) is 11.3 Å². The number of carbonyl (C=O) groups is 2. The Kier molecular flexibility index (Phi) is 3.93. The molecule has 0 radical (unpaired) electrons. The van der Waals surface area contributed by atoms with Crippen LogP contribution in [0.15, 0.2) is 0 Å². The number of nitrogens with one attached hydrogen (secondary N) is 1. The van der Waals surface area contributed by atoms with Crippen molar-refractivity contribution in [1.82, 2.24) is 5.32 Å². The third kappa shape index (κ3) is 3.24. The Morgan fingerprint density at radius 1 is 1.33 bits per heavy atom. The summed E-state index contributed by atoms with van der Waals surface area (Å²) in [6, 6.07) is 0.178. The van der Waals surface area contributed by atoms with E-state index in [0.717, 1.165) is 25.2 Å². The van der Waals surface area contributed by atoms with Crippen molar-refractivity contribution in [3.05, 3.63) is 0 Å². The molecule has 18 heavy (non-hydrogen) atoms. The Hall–Kier alpha value is -1.06. The Balaban J connectivity index is 1.82. The van der Waals surface area contributed by atoms with Crippen molar-refractivity contribution in [3.8, 4) is 0 Å². The van der Waals surface area contributed by atoms with Crippen LogP contribution in [0.5, 0.6) is 0 Å². The van der Waals surface area contributed by atoms with E-state index >= 15 is 0 Å². The van der Waals surface area contributed by atoms with Gasteiger partial charge in [0.2, 0.25) is 5.91 Å². The van der Waals surface area contributed by atoms with E-state index in [1.807, 2.05) is 6.92 Å². The monoisotopic (exact) mass is 253 g/mol. The molecule has 102 valence electrons. The summed E-state index contributed by atoms with van der Waals surface area (Å²) in [5, 5.41) is 12.3. The van der Waals surface area contributed by atoms with Gasteiger partial charge in [-0.2, -0.15) is 0 Å². The van der Waals surface area contributed by atoms with Crippen LogP contribution in [0.1, 0.15) is 58.3 Å². The highest BCUT2D eigenvalue weighted by Crippen LogP contribution is 2.41. The standard InChI is InChI=1S/C14H23NO3/c1-10(8-11-4-5-11)15-12(16)9-14(13(17)18)6-2-3-7-14/h10-11H,2-9H2,1H3,(H,15,16)(H,17,18). The fourth-order valence-electron chi connectivity index (χ4n) is 3.06. The molecule has 0 aliphatic heterocycles. The molecule has 0 spiro atoms. The van der Waals surface area contributed by atoms with Crippen LogP contribution in [-0.2, 0) is 9.59 Å². The van der Waals surface area contributed by atoms with Gasteiger partial charge in [-0.05, 0) is 32.1 Å². The summed E-state index contributed by atoms with van der Waals surface area (Å²) in [6.45, 7) is 2.01. The van der Waals surface area contributed by atoms with E-state index in [2.05, 4.69) is 5.32 Å². The van der Waals surface area contributed by atoms with E-state index in [1.165, 1.54) is 12.8 Å². The number of amides is 1. The fraction of sp³-hybridized carbons (Fsp3) is 0.857. The lowest BCUT2D eigenvalue weighted by molar-refractivity contribution is -0.151. The highest BCUT2D eigenvalue weighted by atomic mass is 16.4. The number of carbonyl (C=O) groups excluding carboxylic acids is 1. The van der Waals surface area contributed by atoms with Crippen molar-refractivity contribution >= 4 is 11.9 Å². The van der Waals surface area contributed by atoms with Crippen LogP contribution in [0.2, 0.25) is 0 Å². The van der Waals surface area contributed by atoms with E-state index in [-0.39, 0.29) is 18.4 Å². The zero-order valence-electron chi connectivity index (χ0n) is 11.1. The highest BCUT2D eigenvalue weighted by Gasteiger charge is 2.43. The van der Waals surface area contributed by atoms with Crippen molar-refractivity contribution in [3.63, 3.8) is 0 Å². The first-order valence-electron chi connectivity index (χ1n) is 7.05. The lowest BCUT2D eigenvalue weighted by atomic mass is 9.82. The normalized spacial score (nSPS) is 23.6. The third-order valence-corrected chi connectivity index (χ3v) is 4.30. The number of carboxylic acid groups (broad SMARTS) is 1. The first-order valence-corrected chi connectivity index (χ1v) is 7.05. The molecule has 0 heterocycles. The zero-order valence-corrected chi connectivity index (χ0v) is 11.1. The molecule has 2 saturated carbocycles. The second kappa shape index (κ2) is 5.29. The molecule has 0 aromatic heterocycles. The lowest BCUT2D eigenvalue weighted by Gasteiger charge is -2.24. The lowest BCUT2D eigenvalue weighted by Crippen LogP contribution is -2.39. The maximum absolute atomic E-state index is 11.9. The molecule has 2 rings (SSSR count). The predicted molar refractivity (Wildman–Crippen MR) is 68.1 cm³/mol. The maximum atomic E-state index is 11.9. The van der Waals surface area contributed by atoms with Gasteiger partial charge >= 0.3 is 5.97 Å². The van der Waals surface area contributed by atoms with Crippen molar-refractivity contribution in [1.29, 1.82) is 0 Å². The largest absolute Gasteiger partial charge is 0.481 e. The number of hydrogen-bond acceptors (Lipinski definition) is 2. The molecule has 0 aromatic rings. The summed E-state index contributed by atoms with van der Waals surface area (Å²) in [7, 11) is 0. The second-order valence-corrected chi connectivity index (χ2v) is 6.12. The molecule has 1 atom stereocenters. The van der Waals surface area contributed by atoms with Crippen LogP contribution in [0.25, 0.3) is 0 Å². The second-order valence-electron chi connectivity index (χ2n) is 6.12. The Morgan fingerprint density at radius 3 is 2.44 bits per heavy atom. The molecule has 0 aromatic carbocycles. The number of hydrogen-bond donors (Lipinski definition) is 2. The average Bonchev–Trinajstić information content (AvgIpc) is 2.94. The van der Waals surface area contributed by atoms with Crippen molar-refractivity contribution in [2.75, 3.05) is 0 Å². The Morgan fingerprint density at radius 2 is 1.94 bits per heavy atom. The smallest absolute Gasteiger partial charge is 0.310 e. The van der Waals surface area contributed by atoms with E-state index in [1.54, 1.807) is 0 Å². The van der Waals surface area contributed by atoms with Gasteiger partial charge in [0.15, 0.2) is 0 Å². The number of carboxylic acids is 1. The van der Waals surface area contributed by atoms with Crippen LogP contribution in [0.3, 0.4) is 0 Å². The molecule has 2 fully saturated rings. The van der Waals surface area contributed by atoms with E-state index in [0.29, 0.717) is 12.8 Å². The minimum atomic E-state index is -0.801. The first-order chi connectivity index (χ1) is 8.52. The van der Waals surface area contributed by atoms with Crippen LogP contribution < -0.4 is 5.32 Å². The Bertz CT molecular complexity index is 330. The molecular formula is C14H23NO3. The summed E-state index contributed by atoms with van der Waals surface area (Å²) in [4.78, 5) is 23.3. The van der Waals surface area contributed by atoms with E-state index in [4.69, 9.17) is 0 Å². The molecule has 4 nitrogen and oxygen atoms in total. The van der Waals surface area contributed by atoms with Gasteiger partial charge in [0.1, 0.15) is 0 Å². The van der Waals surface area contributed by atoms with E-state index in [9.17, 15) is 14.7 Å². The highest BCUT2D eigenvalue weighted by molar-refractivity contribution is 5.85. The van der Waals surface area contributed by atoms with Gasteiger partial charge in [-0.3, -0.25) is 9.59 Å². The van der Waals surface area contributed by atoms with Crippen LogP contribution >= 0.6 is 0 Å². The van der Waals surface area contributed by atoms with Crippen molar-refractivity contribution in [2.45, 2.75) is 64.3 Å². The van der Waals surface area contributed by atoms with Gasteiger partial charge < -0.3 is 10.4 Å². The van der Waals surface area contributed by atoms with E-state index < -0.39 is 11.4 Å². The molecule has 4 heteroatoms. The number of rotatable bonds is 6. The summed E-state index contributed by atoms with van der Waals surface area (Å²) in [5.74, 6) is -0.113. The summed E-state index contributed by atoms with van der Waals surface area (Å²) >= 11 is 0. The third-order valence-electron chi connectivity index (χ3n) is 4.30. The van der Waals surface area contributed by atoms with Crippen LogP contribution in [0.4, 0.5) is 0 Å².